The minimum atomic E-state index is -0.430. The van der Waals surface area contributed by atoms with Crippen molar-refractivity contribution in [2.24, 2.45) is 0 Å². The van der Waals surface area contributed by atoms with Gasteiger partial charge in [-0.05, 0) is 55.5 Å². The molecule has 0 aliphatic carbocycles. The highest BCUT2D eigenvalue weighted by molar-refractivity contribution is 5.37. The topological polar surface area (TPSA) is 20.2 Å². The predicted octanol–water partition coefficient (Wildman–Crippen LogP) is 4.20. The van der Waals surface area contributed by atoms with Crippen LogP contribution in [0.5, 0.6) is 0 Å². The van der Waals surface area contributed by atoms with Crippen LogP contribution in [0.3, 0.4) is 0 Å². The van der Waals surface area contributed by atoms with Gasteiger partial charge in [0.25, 0.3) is 0 Å². The molecular formula is C18H22O. The molecule has 0 aliphatic rings. The number of hydrogen-bond donors (Lipinski definition) is 1. The van der Waals surface area contributed by atoms with Gasteiger partial charge >= 0.3 is 0 Å². The Balaban J connectivity index is 2.28. The summed E-state index contributed by atoms with van der Waals surface area (Å²) in [6.07, 6.45) is 0.248. The van der Waals surface area contributed by atoms with Crippen LogP contribution in [0.1, 0.15) is 39.5 Å². The molecule has 1 heteroatoms. The molecule has 0 aromatic heterocycles. The van der Waals surface area contributed by atoms with Gasteiger partial charge in [-0.15, -0.1) is 0 Å². The van der Waals surface area contributed by atoms with Crippen molar-refractivity contribution in [3.63, 3.8) is 0 Å². The Morgan fingerprint density at radius 1 is 0.947 bits per heavy atom. The number of benzene rings is 2. The highest BCUT2D eigenvalue weighted by Gasteiger charge is 2.13. The molecule has 0 fully saturated rings. The largest absolute Gasteiger partial charge is 0.388 e. The average molecular weight is 254 g/mol. The second-order valence-corrected chi connectivity index (χ2v) is 5.44. The number of aliphatic hydroxyl groups is 1. The van der Waals surface area contributed by atoms with E-state index in [9.17, 15) is 5.11 Å². The van der Waals surface area contributed by atoms with Crippen LogP contribution in [0.25, 0.3) is 0 Å². The maximum absolute atomic E-state index is 10.5. The zero-order chi connectivity index (χ0) is 14.0. The second-order valence-electron chi connectivity index (χ2n) is 5.44. The standard InChI is InChI=1S/C18H22O/c1-12-8-9-14(3)16(10-12)11-18(19)17-7-5-6-13(2)15(17)4/h5-10,18-19H,11H2,1-4H3. The van der Waals surface area contributed by atoms with E-state index in [1.807, 2.05) is 12.1 Å². The third-order valence-electron chi connectivity index (χ3n) is 3.92. The minimum absolute atomic E-state index is 0.430. The first-order chi connectivity index (χ1) is 8.99. The van der Waals surface area contributed by atoms with Crippen LogP contribution in [0.4, 0.5) is 0 Å². The zero-order valence-electron chi connectivity index (χ0n) is 12.2. The average Bonchev–Trinajstić information content (AvgIpc) is 2.37. The maximum atomic E-state index is 10.5. The fourth-order valence-electron chi connectivity index (χ4n) is 2.47. The van der Waals surface area contributed by atoms with Crippen molar-refractivity contribution < 1.29 is 5.11 Å². The van der Waals surface area contributed by atoms with E-state index in [1.54, 1.807) is 0 Å². The van der Waals surface area contributed by atoms with Crippen molar-refractivity contribution in [1.82, 2.24) is 0 Å². The summed E-state index contributed by atoms with van der Waals surface area (Å²) >= 11 is 0. The minimum Gasteiger partial charge on any atom is -0.388 e. The van der Waals surface area contributed by atoms with Crippen LogP contribution in [-0.2, 0) is 6.42 Å². The van der Waals surface area contributed by atoms with Gasteiger partial charge in [-0.1, -0.05) is 42.0 Å². The number of aryl methyl sites for hydroxylation is 3. The van der Waals surface area contributed by atoms with Gasteiger partial charge in [-0.2, -0.15) is 0 Å². The van der Waals surface area contributed by atoms with E-state index in [1.165, 1.54) is 27.8 Å². The molecule has 1 unspecified atom stereocenters. The summed E-state index contributed by atoms with van der Waals surface area (Å²) in [5, 5.41) is 10.5. The van der Waals surface area contributed by atoms with Crippen LogP contribution in [0, 0.1) is 27.7 Å². The van der Waals surface area contributed by atoms with Gasteiger partial charge in [0.15, 0.2) is 0 Å². The first-order valence-electron chi connectivity index (χ1n) is 6.79. The Morgan fingerprint density at radius 3 is 2.42 bits per heavy atom. The zero-order valence-corrected chi connectivity index (χ0v) is 12.2. The van der Waals surface area contributed by atoms with Crippen LogP contribution in [0.2, 0.25) is 0 Å². The molecular weight excluding hydrogens is 232 g/mol. The third kappa shape index (κ3) is 3.05. The summed E-state index contributed by atoms with van der Waals surface area (Å²) in [6, 6.07) is 12.5. The number of rotatable bonds is 3. The molecule has 19 heavy (non-hydrogen) atoms. The molecule has 1 N–H and O–H groups in total. The molecule has 2 rings (SSSR count). The molecule has 0 saturated carbocycles. The van der Waals surface area contributed by atoms with Gasteiger partial charge in [0, 0.05) is 6.42 Å². The molecule has 100 valence electrons. The van der Waals surface area contributed by atoms with Crippen LogP contribution in [0.15, 0.2) is 36.4 Å². The van der Waals surface area contributed by atoms with Crippen molar-refractivity contribution >= 4 is 0 Å². The van der Waals surface area contributed by atoms with Gasteiger partial charge in [0.1, 0.15) is 0 Å². The molecule has 0 spiro atoms. The fraction of sp³-hybridized carbons (Fsp3) is 0.333. The lowest BCUT2D eigenvalue weighted by Crippen LogP contribution is -2.06. The Bertz CT molecular complexity index is 584. The Hall–Kier alpha value is -1.60. The summed E-state index contributed by atoms with van der Waals surface area (Å²) in [5.74, 6) is 0. The van der Waals surface area contributed by atoms with Crippen molar-refractivity contribution in [1.29, 1.82) is 0 Å². The predicted molar refractivity (Wildman–Crippen MR) is 80.5 cm³/mol. The quantitative estimate of drug-likeness (QED) is 0.870. The second kappa shape index (κ2) is 5.58. The Morgan fingerprint density at radius 2 is 1.68 bits per heavy atom. The number of hydrogen-bond acceptors (Lipinski definition) is 1. The lowest BCUT2D eigenvalue weighted by atomic mass is 9.93. The lowest BCUT2D eigenvalue weighted by molar-refractivity contribution is 0.177. The van der Waals surface area contributed by atoms with Gasteiger partial charge in [0.2, 0.25) is 0 Å². The van der Waals surface area contributed by atoms with Gasteiger partial charge in [0.05, 0.1) is 6.10 Å². The van der Waals surface area contributed by atoms with E-state index in [0.717, 1.165) is 5.56 Å². The first kappa shape index (κ1) is 13.8. The molecule has 1 nitrogen and oxygen atoms in total. The normalized spacial score (nSPS) is 12.5. The molecule has 1 atom stereocenters. The van der Waals surface area contributed by atoms with Crippen molar-refractivity contribution in [2.75, 3.05) is 0 Å². The Kier molecular flexibility index (Phi) is 4.06. The monoisotopic (exact) mass is 254 g/mol. The first-order valence-corrected chi connectivity index (χ1v) is 6.79. The molecule has 2 aromatic carbocycles. The van der Waals surface area contributed by atoms with E-state index in [0.29, 0.717) is 6.42 Å². The van der Waals surface area contributed by atoms with Gasteiger partial charge in [-0.25, -0.2) is 0 Å². The van der Waals surface area contributed by atoms with Crippen LogP contribution >= 0.6 is 0 Å². The molecule has 0 heterocycles. The summed E-state index contributed by atoms with van der Waals surface area (Å²) in [6.45, 7) is 8.36. The van der Waals surface area contributed by atoms with Crippen LogP contribution < -0.4 is 0 Å². The third-order valence-corrected chi connectivity index (χ3v) is 3.92. The maximum Gasteiger partial charge on any atom is 0.0833 e. The van der Waals surface area contributed by atoms with Crippen molar-refractivity contribution in [3.8, 4) is 0 Å². The van der Waals surface area contributed by atoms with E-state index >= 15 is 0 Å². The summed E-state index contributed by atoms with van der Waals surface area (Å²) in [4.78, 5) is 0. The highest BCUT2D eigenvalue weighted by Crippen LogP contribution is 2.25. The highest BCUT2D eigenvalue weighted by atomic mass is 16.3. The fourth-order valence-corrected chi connectivity index (χ4v) is 2.47. The molecule has 0 aliphatic heterocycles. The number of aliphatic hydroxyl groups excluding tert-OH is 1. The Labute approximate surface area is 115 Å². The molecule has 2 aromatic rings. The smallest absolute Gasteiger partial charge is 0.0833 e. The lowest BCUT2D eigenvalue weighted by Gasteiger charge is -2.17. The van der Waals surface area contributed by atoms with Crippen molar-refractivity contribution in [3.05, 3.63) is 69.8 Å². The molecule has 0 saturated heterocycles. The van der Waals surface area contributed by atoms with E-state index in [4.69, 9.17) is 0 Å². The molecule has 0 bridgehead atoms. The molecule has 0 amide bonds. The van der Waals surface area contributed by atoms with Crippen LogP contribution in [-0.4, -0.2) is 5.11 Å². The molecule has 0 radical (unpaired) electrons. The summed E-state index contributed by atoms with van der Waals surface area (Å²) in [7, 11) is 0. The van der Waals surface area contributed by atoms with E-state index in [2.05, 4.69) is 52.0 Å². The summed E-state index contributed by atoms with van der Waals surface area (Å²) < 4.78 is 0. The summed E-state index contributed by atoms with van der Waals surface area (Å²) in [5.41, 5.74) is 7.19. The van der Waals surface area contributed by atoms with E-state index < -0.39 is 6.10 Å². The SMILES string of the molecule is Cc1ccc(C)c(CC(O)c2cccc(C)c2C)c1. The van der Waals surface area contributed by atoms with Gasteiger partial charge < -0.3 is 5.11 Å². The van der Waals surface area contributed by atoms with E-state index in [-0.39, 0.29) is 0 Å². The van der Waals surface area contributed by atoms with Gasteiger partial charge in [-0.3, -0.25) is 0 Å². The van der Waals surface area contributed by atoms with Crippen molar-refractivity contribution in [2.45, 2.75) is 40.2 Å².